The Balaban J connectivity index is 1.68. The third kappa shape index (κ3) is 3.47. The zero-order chi connectivity index (χ0) is 20.5. The summed E-state index contributed by atoms with van der Waals surface area (Å²) in [6.45, 7) is 6.33. The predicted octanol–water partition coefficient (Wildman–Crippen LogP) is 5.33. The fourth-order valence-corrected chi connectivity index (χ4v) is 3.58. The van der Waals surface area contributed by atoms with Crippen LogP contribution in [0.3, 0.4) is 0 Å². The van der Waals surface area contributed by atoms with Crippen LogP contribution < -0.4 is 15.0 Å². The summed E-state index contributed by atoms with van der Waals surface area (Å²) in [6.07, 6.45) is 0. The molecule has 0 bridgehead atoms. The van der Waals surface area contributed by atoms with Crippen molar-refractivity contribution >= 4 is 23.2 Å². The van der Waals surface area contributed by atoms with Gasteiger partial charge < -0.3 is 15.0 Å². The number of fused-ring (bicyclic) bond motifs is 2. The largest absolute Gasteiger partial charge is 0.454 e. The summed E-state index contributed by atoms with van der Waals surface area (Å²) in [5, 5.41) is 2.90. The number of aryl methyl sites for hydroxylation is 2. The second-order valence-corrected chi connectivity index (χ2v) is 7.10. The van der Waals surface area contributed by atoms with E-state index in [1.165, 1.54) is 0 Å². The van der Waals surface area contributed by atoms with E-state index in [0.29, 0.717) is 34.9 Å². The van der Waals surface area contributed by atoms with Gasteiger partial charge in [-0.05, 0) is 62.7 Å². The van der Waals surface area contributed by atoms with E-state index in [9.17, 15) is 9.59 Å². The molecule has 1 aliphatic rings. The van der Waals surface area contributed by atoms with Crippen molar-refractivity contribution in [1.29, 1.82) is 0 Å². The number of amides is 2. The van der Waals surface area contributed by atoms with Crippen LogP contribution >= 0.6 is 0 Å². The van der Waals surface area contributed by atoms with E-state index in [2.05, 4.69) is 5.32 Å². The molecule has 1 aliphatic heterocycles. The molecule has 0 aliphatic carbocycles. The van der Waals surface area contributed by atoms with E-state index in [0.717, 1.165) is 16.8 Å². The first kappa shape index (κ1) is 18.7. The Labute approximate surface area is 169 Å². The minimum Gasteiger partial charge on any atom is -0.454 e. The Bertz CT molecular complexity index is 1120. The van der Waals surface area contributed by atoms with E-state index in [4.69, 9.17) is 4.74 Å². The van der Waals surface area contributed by atoms with Gasteiger partial charge in [-0.15, -0.1) is 0 Å². The van der Waals surface area contributed by atoms with Crippen LogP contribution in [0.5, 0.6) is 11.5 Å². The summed E-state index contributed by atoms with van der Waals surface area (Å²) in [5.41, 5.74) is 4.32. The molecule has 0 saturated carbocycles. The number of carbonyl (C=O) groups is 2. The molecule has 5 nitrogen and oxygen atoms in total. The van der Waals surface area contributed by atoms with Gasteiger partial charge in [0.1, 0.15) is 5.75 Å². The van der Waals surface area contributed by atoms with E-state index < -0.39 is 0 Å². The topological polar surface area (TPSA) is 58.6 Å². The second kappa shape index (κ2) is 7.43. The van der Waals surface area contributed by atoms with Crippen molar-refractivity contribution in [3.05, 3.63) is 82.9 Å². The predicted molar refractivity (Wildman–Crippen MR) is 114 cm³/mol. The standard InChI is InChI=1S/C24H22N2O3/c1-4-26-20-7-5-6-8-22(20)29-21-12-10-17(14-19(21)24(26)28)25-23(27)18-11-9-15(2)13-16(18)3/h5-14H,4H2,1-3H3,(H,25,27). The lowest BCUT2D eigenvalue weighted by Crippen LogP contribution is -2.29. The van der Waals surface area contributed by atoms with E-state index in [1.54, 1.807) is 23.1 Å². The lowest BCUT2D eigenvalue weighted by Gasteiger charge is -2.19. The molecular formula is C24H22N2O3. The molecule has 3 aromatic carbocycles. The summed E-state index contributed by atoms with van der Waals surface area (Å²) in [4.78, 5) is 27.6. The van der Waals surface area contributed by atoms with Crippen LogP contribution in [-0.4, -0.2) is 18.4 Å². The van der Waals surface area contributed by atoms with Gasteiger partial charge in [0.15, 0.2) is 5.75 Å². The van der Waals surface area contributed by atoms with E-state index in [-0.39, 0.29) is 11.8 Å². The van der Waals surface area contributed by atoms with Crippen molar-refractivity contribution in [2.75, 3.05) is 16.8 Å². The number of para-hydroxylation sites is 2. The summed E-state index contributed by atoms with van der Waals surface area (Å²) < 4.78 is 6.01. The maximum atomic E-state index is 13.2. The van der Waals surface area contributed by atoms with Gasteiger partial charge >= 0.3 is 0 Å². The third-order valence-corrected chi connectivity index (χ3v) is 5.03. The number of anilines is 2. The number of carbonyl (C=O) groups excluding carboxylic acids is 2. The van der Waals surface area contributed by atoms with E-state index in [1.807, 2.05) is 63.2 Å². The highest BCUT2D eigenvalue weighted by Gasteiger charge is 2.27. The normalized spacial score (nSPS) is 12.5. The van der Waals surface area contributed by atoms with Crippen LogP contribution in [-0.2, 0) is 0 Å². The maximum Gasteiger partial charge on any atom is 0.262 e. The van der Waals surface area contributed by atoms with Crippen molar-refractivity contribution in [2.45, 2.75) is 20.8 Å². The number of hydrogen-bond donors (Lipinski definition) is 1. The molecule has 29 heavy (non-hydrogen) atoms. The summed E-state index contributed by atoms with van der Waals surface area (Å²) in [6, 6.07) is 18.3. The van der Waals surface area contributed by atoms with Crippen LogP contribution in [0.1, 0.15) is 38.8 Å². The third-order valence-electron chi connectivity index (χ3n) is 5.03. The molecule has 2 amide bonds. The molecule has 1 N–H and O–H groups in total. The highest BCUT2D eigenvalue weighted by molar-refractivity contribution is 6.11. The Kier molecular flexibility index (Phi) is 4.80. The molecule has 0 atom stereocenters. The van der Waals surface area contributed by atoms with Crippen LogP contribution in [0.25, 0.3) is 0 Å². The SMILES string of the molecule is CCN1C(=O)c2cc(NC(=O)c3ccc(C)cc3C)ccc2Oc2ccccc21. The molecule has 0 unspecified atom stereocenters. The first-order valence-electron chi connectivity index (χ1n) is 9.59. The zero-order valence-corrected chi connectivity index (χ0v) is 16.7. The van der Waals surface area contributed by atoms with Crippen molar-refractivity contribution in [1.82, 2.24) is 0 Å². The molecule has 0 fully saturated rings. The fraction of sp³-hybridized carbons (Fsp3) is 0.167. The van der Waals surface area contributed by atoms with Crippen LogP contribution in [0.4, 0.5) is 11.4 Å². The fourth-order valence-electron chi connectivity index (χ4n) is 3.58. The van der Waals surface area contributed by atoms with Gasteiger partial charge in [-0.2, -0.15) is 0 Å². The molecule has 5 heteroatoms. The molecule has 1 heterocycles. The number of nitrogens with one attached hydrogen (secondary N) is 1. The van der Waals surface area contributed by atoms with Crippen molar-refractivity contribution in [3.8, 4) is 11.5 Å². The summed E-state index contributed by atoms with van der Waals surface area (Å²) in [7, 11) is 0. The van der Waals surface area contributed by atoms with Crippen LogP contribution in [0.2, 0.25) is 0 Å². The van der Waals surface area contributed by atoms with Gasteiger partial charge in [-0.3, -0.25) is 9.59 Å². The molecule has 3 aromatic rings. The lowest BCUT2D eigenvalue weighted by molar-refractivity contribution is 0.0985. The molecular weight excluding hydrogens is 364 g/mol. The monoisotopic (exact) mass is 386 g/mol. The number of ether oxygens (including phenoxy) is 1. The molecule has 146 valence electrons. The second-order valence-electron chi connectivity index (χ2n) is 7.10. The van der Waals surface area contributed by atoms with Crippen LogP contribution in [0, 0.1) is 13.8 Å². The Morgan fingerprint density at radius 1 is 1.00 bits per heavy atom. The maximum absolute atomic E-state index is 13.2. The first-order valence-corrected chi connectivity index (χ1v) is 9.59. The van der Waals surface area contributed by atoms with Gasteiger partial charge in [0.25, 0.3) is 11.8 Å². The number of rotatable bonds is 3. The number of hydrogen-bond acceptors (Lipinski definition) is 3. The molecule has 0 spiro atoms. The average Bonchev–Trinajstić information content (AvgIpc) is 2.81. The molecule has 0 radical (unpaired) electrons. The van der Waals surface area contributed by atoms with Crippen molar-refractivity contribution in [2.24, 2.45) is 0 Å². The average molecular weight is 386 g/mol. The minimum absolute atomic E-state index is 0.157. The highest BCUT2D eigenvalue weighted by atomic mass is 16.5. The number of nitrogens with zero attached hydrogens (tertiary/aromatic N) is 1. The Morgan fingerprint density at radius 3 is 2.55 bits per heavy atom. The Hall–Kier alpha value is -3.60. The molecule has 4 rings (SSSR count). The molecule has 0 aromatic heterocycles. The van der Waals surface area contributed by atoms with Crippen molar-refractivity contribution < 1.29 is 14.3 Å². The minimum atomic E-state index is -0.208. The zero-order valence-electron chi connectivity index (χ0n) is 16.7. The van der Waals surface area contributed by atoms with Crippen molar-refractivity contribution in [3.63, 3.8) is 0 Å². The van der Waals surface area contributed by atoms with Gasteiger partial charge in [0.05, 0.1) is 11.3 Å². The van der Waals surface area contributed by atoms with E-state index >= 15 is 0 Å². The van der Waals surface area contributed by atoms with Crippen LogP contribution in [0.15, 0.2) is 60.7 Å². The number of benzene rings is 3. The Morgan fingerprint density at radius 2 is 1.79 bits per heavy atom. The van der Waals surface area contributed by atoms with Gasteiger partial charge in [-0.1, -0.05) is 29.8 Å². The lowest BCUT2D eigenvalue weighted by atomic mass is 10.0. The molecule has 0 saturated heterocycles. The first-order chi connectivity index (χ1) is 14.0. The van der Waals surface area contributed by atoms with Gasteiger partial charge in [0.2, 0.25) is 0 Å². The quantitative estimate of drug-likeness (QED) is 0.662. The van der Waals surface area contributed by atoms with Gasteiger partial charge in [-0.25, -0.2) is 0 Å². The smallest absolute Gasteiger partial charge is 0.262 e. The highest BCUT2D eigenvalue weighted by Crippen LogP contribution is 2.39. The summed E-state index contributed by atoms with van der Waals surface area (Å²) >= 11 is 0. The summed E-state index contributed by atoms with van der Waals surface area (Å²) in [5.74, 6) is 0.742. The van der Waals surface area contributed by atoms with Gasteiger partial charge in [0, 0.05) is 17.8 Å².